The Kier molecular flexibility index (Phi) is 5.51. The van der Waals surface area contributed by atoms with Gasteiger partial charge in [-0.3, -0.25) is 9.59 Å². The lowest BCUT2D eigenvalue weighted by atomic mass is 10.2. The molecule has 1 aromatic rings. The average Bonchev–Trinajstić information content (AvgIpc) is 2.22. The summed E-state index contributed by atoms with van der Waals surface area (Å²) in [5.74, 6) is -0.758. The van der Waals surface area contributed by atoms with E-state index in [1.54, 1.807) is 16.7 Å². The van der Waals surface area contributed by atoms with Crippen LogP contribution in [0.25, 0.3) is 0 Å². The first-order chi connectivity index (χ1) is 7.59. The molecule has 0 fully saturated rings. The second-order valence-electron chi connectivity index (χ2n) is 3.58. The van der Waals surface area contributed by atoms with Gasteiger partial charge in [-0.25, -0.2) is 0 Å². The summed E-state index contributed by atoms with van der Waals surface area (Å²) in [7, 11) is 0. The molecule has 1 heterocycles. The van der Waals surface area contributed by atoms with Crippen molar-refractivity contribution >= 4 is 28.6 Å². The first-order valence-corrected chi connectivity index (χ1v) is 6.25. The van der Waals surface area contributed by atoms with E-state index >= 15 is 0 Å². The lowest BCUT2D eigenvalue weighted by Gasteiger charge is -2.05. The van der Waals surface area contributed by atoms with E-state index in [4.69, 9.17) is 5.11 Å². The van der Waals surface area contributed by atoms with E-state index in [0.717, 1.165) is 16.4 Å². The molecular weight excluding hydrogens is 321 g/mol. The maximum Gasteiger partial charge on any atom is 0.303 e. The highest BCUT2D eigenvalue weighted by atomic mass is 127. The number of nitrogens with zero attached hydrogens (tertiary/aromatic N) is 1. The fraction of sp³-hybridized carbons (Fsp3) is 0.455. The summed E-state index contributed by atoms with van der Waals surface area (Å²) in [4.78, 5) is 21.7. The minimum atomic E-state index is -0.758. The molecule has 0 aliphatic carbocycles. The highest BCUT2D eigenvalue weighted by molar-refractivity contribution is 14.1. The quantitative estimate of drug-likeness (QED) is 0.640. The zero-order valence-electron chi connectivity index (χ0n) is 8.86. The number of aromatic nitrogens is 1. The monoisotopic (exact) mass is 335 g/mol. The Labute approximate surface area is 107 Å². The summed E-state index contributed by atoms with van der Waals surface area (Å²) in [6.07, 6.45) is 4.38. The minimum Gasteiger partial charge on any atom is -0.481 e. The molecule has 0 aliphatic heterocycles. The van der Waals surface area contributed by atoms with Gasteiger partial charge in [-0.05, 0) is 41.5 Å². The normalized spacial score (nSPS) is 10.3. The molecule has 1 N–H and O–H groups in total. The molecule has 0 spiro atoms. The van der Waals surface area contributed by atoms with Gasteiger partial charge in [0.15, 0.2) is 0 Å². The number of unbranched alkanes of at least 4 members (excludes halogenated alkanes) is 2. The molecule has 0 atom stereocenters. The number of hydrogen-bond donors (Lipinski definition) is 1. The molecule has 0 radical (unpaired) electrons. The molecule has 0 aromatic carbocycles. The molecule has 16 heavy (non-hydrogen) atoms. The summed E-state index contributed by atoms with van der Waals surface area (Å²) in [6.45, 7) is 0.662. The van der Waals surface area contributed by atoms with Crippen molar-refractivity contribution in [3.8, 4) is 0 Å². The van der Waals surface area contributed by atoms with E-state index in [-0.39, 0.29) is 12.0 Å². The Morgan fingerprint density at radius 3 is 2.75 bits per heavy atom. The Morgan fingerprint density at radius 1 is 1.31 bits per heavy atom. The fourth-order valence-corrected chi connectivity index (χ4v) is 1.93. The molecule has 88 valence electrons. The zero-order chi connectivity index (χ0) is 12.0. The second kappa shape index (κ2) is 6.67. The minimum absolute atomic E-state index is 0.00125. The van der Waals surface area contributed by atoms with Gasteiger partial charge in [0, 0.05) is 28.8 Å². The largest absolute Gasteiger partial charge is 0.481 e. The zero-order valence-corrected chi connectivity index (χ0v) is 11.0. The van der Waals surface area contributed by atoms with Crippen molar-refractivity contribution in [1.82, 2.24) is 4.57 Å². The van der Waals surface area contributed by atoms with Crippen molar-refractivity contribution in [3.63, 3.8) is 0 Å². The first-order valence-electron chi connectivity index (χ1n) is 5.17. The lowest BCUT2D eigenvalue weighted by Crippen LogP contribution is -2.18. The van der Waals surface area contributed by atoms with Gasteiger partial charge in [0.05, 0.1) is 0 Å². The van der Waals surface area contributed by atoms with Crippen molar-refractivity contribution in [2.45, 2.75) is 32.2 Å². The van der Waals surface area contributed by atoms with Crippen molar-refractivity contribution in [2.75, 3.05) is 0 Å². The van der Waals surface area contributed by atoms with Gasteiger partial charge in [0.1, 0.15) is 0 Å². The van der Waals surface area contributed by atoms with E-state index in [1.807, 2.05) is 6.20 Å². The van der Waals surface area contributed by atoms with Crippen LogP contribution in [-0.4, -0.2) is 15.6 Å². The van der Waals surface area contributed by atoms with E-state index in [0.29, 0.717) is 13.0 Å². The van der Waals surface area contributed by atoms with Crippen molar-refractivity contribution in [3.05, 3.63) is 32.3 Å². The molecule has 5 heteroatoms. The number of carbonyl (C=O) groups is 1. The predicted octanol–water partition coefficient (Wildman–Crippen LogP) is 2.10. The molecular formula is C11H14INO3. The van der Waals surface area contributed by atoms with E-state index in [9.17, 15) is 9.59 Å². The standard InChI is InChI=1S/C11H14INO3/c12-9-5-6-10(14)13(8-9)7-3-1-2-4-11(15)16/h5-6,8H,1-4,7H2,(H,15,16). The molecule has 0 aliphatic rings. The van der Waals surface area contributed by atoms with Crippen LogP contribution in [0.15, 0.2) is 23.1 Å². The molecule has 0 unspecified atom stereocenters. The second-order valence-corrected chi connectivity index (χ2v) is 4.83. The van der Waals surface area contributed by atoms with Crippen LogP contribution in [0.5, 0.6) is 0 Å². The van der Waals surface area contributed by atoms with Gasteiger partial charge in [-0.1, -0.05) is 6.42 Å². The average molecular weight is 335 g/mol. The van der Waals surface area contributed by atoms with E-state index in [1.165, 1.54) is 0 Å². The molecule has 0 saturated carbocycles. The number of halogens is 1. The number of pyridine rings is 1. The number of carboxylic acids is 1. The van der Waals surface area contributed by atoms with E-state index < -0.39 is 5.97 Å². The Morgan fingerprint density at radius 2 is 2.06 bits per heavy atom. The van der Waals surface area contributed by atoms with Crippen LogP contribution in [0, 0.1) is 3.57 Å². The third kappa shape index (κ3) is 4.78. The summed E-state index contributed by atoms with van der Waals surface area (Å²) in [5, 5.41) is 8.45. The Balaban J connectivity index is 2.34. The van der Waals surface area contributed by atoms with Gasteiger partial charge >= 0.3 is 5.97 Å². The van der Waals surface area contributed by atoms with E-state index in [2.05, 4.69) is 22.6 Å². The molecule has 1 aromatic heterocycles. The summed E-state index contributed by atoms with van der Waals surface area (Å²) < 4.78 is 2.70. The van der Waals surface area contributed by atoms with Crippen molar-refractivity contribution in [2.24, 2.45) is 0 Å². The van der Waals surface area contributed by atoms with Gasteiger partial charge in [-0.2, -0.15) is 0 Å². The third-order valence-corrected chi connectivity index (χ3v) is 2.88. The van der Waals surface area contributed by atoms with Crippen LogP contribution in [0.4, 0.5) is 0 Å². The van der Waals surface area contributed by atoms with Crippen LogP contribution < -0.4 is 5.56 Å². The van der Waals surface area contributed by atoms with Gasteiger partial charge in [0.2, 0.25) is 0 Å². The number of aryl methyl sites for hydroxylation is 1. The Hall–Kier alpha value is -0.850. The predicted molar refractivity (Wildman–Crippen MR) is 69.5 cm³/mol. The molecule has 0 amide bonds. The van der Waals surface area contributed by atoms with Crippen LogP contribution in [0.3, 0.4) is 0 Å². The SMILES string of the molecule is O=C(O)CCCCCn1cc(I)ccc1=O. The number of carboxylic acid groups (broad SMARTS) is 1. The van der Waals surface area contributed by atoms with Gasteiger partial charge < -0.3 is 9.67 Å². The molecule has 0 saturated heterocycles. The van der Waals surface area contributed by atoms with Crippen LogP contribution in [0.1, 0.15) is 25.7 Å². The summed E-state index contributed by atoms with van der Waals surface area (Å²) >= 11 is 2.16. The molecule has 4 nitrogen and oxygen atoms in total. The third-order valence-electron chi connectivity index (χ3n) is 2.24. The number of aliphatic carboxylic acids is 1. The fourth-order valence-electron chi connectivity index (χ4n) is 1.41. The lowest BCUT2D eigenvalue weighted by molar-refractivity contribution is -0.137. The van der Waals surface area contributed by atoms with Crippen LogP contribution in [-0.2, 0) is 11.3 Å². The first kappa shape index (κ1) is 13.2. The van der Waals surface area contributed by atoms with Crippen molar-refractivity contribution < 1.29 is 9.90 Å². The van der Waals surface area contributed by atoms with Crippen LogP contribution in [0.2, 0.25) is 0 Å². The Bertz CT molecular complexity index is 414. The highest BCUT2D eigenvalue weighted by Crippen LogP contribution is 2.03. The number of rotatable bonds is 6. The summed E-state index contributed by atoms with van der Waals surface area (Å²) in [6, 6.07) is 3.34. The number of hydrogen-bond acceptors (Lipinski definition) is 2. The van der Waals surface area contributed by atoms with Crippen LogP contribution >= 0.6 is 22.6 Å². The summed E-state index contributed by atoms with van der Waals surface area (Å²) in [5.41, 5.74) is -0.00125. The van der Waals surface area contributed by atoms with Gasteiger partial charge in [0.25, 0.3) is 5.56 Å². The maximum atomic E-state index is 11.4. The van der Waals surface area contributed by atoms with Gasteiger partial charge in [-0.15, -0.1) is 0 Å². The molecule has 1 rings (SSSR count). The molecule has 0 bridgehead atoms. The topological polar surface area (TPSA) is 59.3 Å². The maximum absolute atomic E-state index is 11.4. The highest BCUT2D eigenvalue weighted by Gasteiger charge is 1.99. The smallest absolute Gasteiger partial charge is 0.303 e. The van der Waals surface area contributed by atoms with Crippen molar-refractivity contribution in [1.29, 1.82) is 0 Å².